The van der Waals surface area contributed by atoms with Crippen LogP contribution in [-0.4, -0.2) is 48.1 Å². The van der Waals surface area contributed by atoms with Crippen molar-refractivity contribution in [2.75, 3.05) is 25.1 Å². The quantitative estimate of drug-likeness (QED) is 0.856. The van der Waals surface area contributed by atoms with Gasteiger partial charge in [-0.1, -0.05) is 18.2 Å². The molecule has 1 aromatic carbocycles. The summed E-state index contributed by atoms with van der Waals surface area (Å²) in [7, 11) is 1.61. The van der Waals surface area contributed by atoms with Gasteiger partial charge in [0.1, 0.15) is 0 Å². The average molecular weight is 290 g/mol. The molecule has 0 bridgehead atoms. The molecule has 0 aromatic heterocycles. The fraction of sp³-hybridized carbons (Fsp3) is 0.500. The molecule has 1 saturated heterocycles. The van der Waals surface area contributed by atoms with Crippen LogP contribution in [0.4, 0.5) is 5.69 Å². The van der Waals surface area contributed by atoms with Gasteiger partial charge in [0.05, 0.1) is 0 Å². The maximum Gasteiger partial charge on any atom is 0.316 e. The largest absolute Gasteiger partial charge is 0.396 e. The van der Waals surface area contributed by atoms with Crippen LogP contribution < -0.4 is 4.90 Å². The van der Waals surface area contributed by atoms with E-state index in [2.05, 4.69) is 0 Å². The summed E-state index contributed by atoms with van der Waals surface area (Å²) < 4.78 is 0. The molecule has 0 radical (unpaired) electrons. The van der Waals surface area contributed by atoms with Crippen molar-refractivity contribution in [1.29, 1.82) is 0 Å². The first-order valence-electron chi connectivity index (χ1n) is 7.39. The molecule has 5 heteroatoms. The molecule has 2 amide bonds. The molecule has 1 fully saturated rings. The zero-order chi connectivity index (χ0) is 15.2. The third kappa shape index (κ3) is 3.61. The van der Waals surface area contributed by atoms with E-state index in [4.69, 9.17) is 5.11 Å². The van der Waals surface area contributed by atoms with Gasteiger partial charge in [0, 0.05) is 31.9 Å². The second-order valence-electron chi connectivity index (χ2n) is 5.36. The summed E-state index contributed by atoms with van der Waals surface area (Å²) in [6.07, 6.45) is 3.34. The Balaban J connectivity index is 2.08. The number of hydrogen-bond donors (Lipinski definition) is 1. The van der Waals surface area contributed by atoms with Crippen molar-refractivity contribution < 1.29 is 14.7 Å². The molecule has 5 nitrogen and oxygen atoms in total. The molecule has 1 heterocycles. The molecule has 1 aliphatic rings. The monoisotopic (exact) mass is 290 g/mol. The number of amides is 2. The number of carbonyl (C=O) groups is 2. The number of nitrogens with zero attached hydrogens (tertiary/aromatic N) is 2. The summed E-state index contributed by atoms with van der Waals surface area (Å²) in [5.74, 6) is -0.995. The molecule has 0 spiro atoms. The number of likely N-dealkylation sites (tertiary alicyclic amines) is 1. The number of aliphatic hydroxyl groups excluding tert-OH is 1. The number of rotatable bonds is 3. The van der Waals surface area contributed by atoms with Crippen LogP contribution in [0.3, 0.4) is 0 Å². The van der Waals surface area contributed by atoms with Crippen molar-refractivity contribution in [2.24, 2.45) is 0 Å². The van der Waals surface area contributed by atoms with Gasteiger partial charge in [-0.3, -0.25) is 9.59 Å². The van der Waals surface area contributed by atoms with Crippen LogP contribution in [0.1, 0.15) is 25.7 Å². The summed E-state index contributed by atoms with van der Waals surface area (Å²) in [5.41, 5.74) is 0.701. The third-order valence-corrected chi connectivity index (χ3v) is 3.98. The second-order valence-corrected chi connectivity index (χ2v) is 5.36. The Morgan fingerprint density at radius 1 is 1.29 bits per heavy atom. The first-order valence-corrected chi connectivity index (χ1v) is 7.39. The van der Waals surface area contributed by atoms with E-state index < -0.39 is 11.8 Å². The molecular formula is C16H22N2O3. The van der Waals surface area contributed by atoms with Gasteiger partial charge in [0.2, 0.25) is 0 Å². The van der Waals surface area contributed by atoms with Crippen molar-refractivity contribution in [3.05, 3.63) is 30.3 Å². The Morgan fingerprint density at radius 3 is 2.67 bits per heavy atom. The fourth-order valence-corrected chi connectivity index (χ4v) is 2.75. The molecule has 1 aliphatic heterocycles. The first kappa shape index (κ1) is 15.5. The molecule has 1 unspecified atom stereocenters. The molecule has 114 valence electrons. The Morgan fingerprint density at radius 2 is 2.00 bits per heavy atom. The lowest BCUT2D eigenvalue weighted by Crippen LogP contribution is -2.50. The van der Waals surface area contributed by atoms with Crippen molar-refractivity contribution in [2.45, 2.75) is 31.7 Å². The molecule has 2 rings (SSSR count). The van der Waals surface area contributed by atoms with Crippen LogP contribution in [0.2, 0.25) is 0 Å². The van der Waals surface area contributed by atoms with Gasteiger partial charge in [-0.2, -0.15) is 0 Å². The minimum Gasteiger partial charge on any atom is -0.396 e. The highest BCUT2D eigenvalue weighted by Gasteiger charge is 2.32. The van der Waals surface area contributed by atoms with E-state index in [0.717, 1.165) is 19.3 Å². The van der Waals surface area contributed by atoms with E-state index >= 15 is 0 Å². The van der Waals surface area contributed by atoms with Crippen molar-refractivity contribution in [3.8, 4) is 0 Å². The topological polar surface area (TPSA) is 60.9 Å². The lowest BCUT2D eigenvalue weighted by atomic mass is 9.99. The van der Waals surface area contributed by atoms with Crippen molar-refractivity contribution >= 4 is 17.5 Å². The maximum atomic E-state index is 12.5. The number of carbonyl (C=O) groups excluding carboxylic acids is 2. The average Bonchev–Trinajstić information content (AvgIpc) is 2.54. The number of aliphatic hydroxyl groups is 1. The van der Waals surface area contributed by atoms with E-state index in [9.17, 15) is 9.59 Å². The minimum absolute atomic E-state index is 0.0237. The van der Waals surface area contributed by atoms with E-state index in [-0.39, 0.29) is 12.6 Å². The van der Waals surface area contributed by atoms with Gasteiger partial charge in [0.25, 0.3) is 0 Å². The summed E-state index contributed by atoms with van der Waals surface area (Å²) in [6, 6.07) is 9.10. The van der Waals surface area contributed by atoms with Crippen LogP contribution in [0.15, 0.2) is 30.3 Å². The summed E-state index contributed by atoms with van der Waals surface area (Å²) in [6.45, 7) is 0.634. The predicted octanol–water partition coefficient (Wildman–Crippen LogP) is 1.41. The molecule has 21 heavy (non-hydrogen) atoms. The Labute approximate surface area is 125 Å². The van der Waals surface area contributed by atoms with Gasteiger partial charge in [0.15, 0.2) is 0 Å². The molecule has 1 N–H and O–H groups in total. The van der Waals surface area contributed by atoms with Crippen LogP contribution in [0.25, 0.3) is 0 Å². The summed E-state index contributed by atoms with van der Waals surface area (Å²) in [5, 5.41) is 9.11. The van der Waals surface area contributed by atoms with Gasteiger partial charge in [-0.15, -0.1) is 0 Å². The number of piperidine rings is 1. The highest BCUT2D eigenvalue weighted by atomic mass is 16.3. The number of benzene rings is 1. The Bertz CT molecular complexity index is 488. The molecule has 0 aliphatic carbocycles. The lowest BCUT2D eigenvalue weighted by Gasteiger charge is -2.35. The lowest BCUT2D eigenvalue weighted by molar-refractivity contribution is -0.147. The number of anilines is 1. The van der Waals surface area contributed by atoms with Gasteiger partial charge in [-0.25, -0.2) is 0 Å². The minimum atomic E-state index is -0.522. The fourth-order valence-electron chi connectivity index (χ4n) is 2.75. The molecule has 1 atom stereocenters. The van der Waals surface area contributed by atoms with E-state index in [1.807, 2.05) is 18.2 Å². The van der Waals surface area contributed by atoms with Crippen molar-refractivity contribution in [1.82, 2.24) is 4.90 Å². The van der Waals surface area contributed by atoms with Gasteiger partial charge >= 0.3 is 11.8 Å². The summed E-state index contributed by atoms with van der Waals surface area (Å²) in [4.78, 5) is 27.8. The molecule has 0 saturated carbocycles. The zero-order valence-electron chi connectivity index (χ0n) is 12.4. The zero-order valence-corrected chi connectivity index (χ0v) is 12.4. The van der Waals surface area contributed by atoms with Gasteiger partial charge < -0.3 is 14.9 Å². The molecule has 1 aromatic rings. The maximum absolute atomic E-state index is 12.5. The Kier molecular flexibility index (Phi) is 5.33. The SMILES string of the molecule is CN(C(=O)C(=O)N1CCCCC1CCO)c1ccccc1. The summed E-state index contributed by atoms with van der Waals surface area (Å²) >= 11 is 0. The van der Waals surface area contributed by atoms with Crippen LogP contribution in [0, 0.1) is 0 Å². The number of para-hydroxylation sites is 1. The third-order valence-electron chi connectivity index (χ3n) is 3.98. The van der Waals surface area contributed by atoms with E-state index in [0.29, 0.717) is 18.7 Å². The van der Waals surface area contributed by atoms with Crippen LogP contribution in [0.5, 0.6) is 0 Å². The van der Waals surface area contributed by atoms with Gasteiger partial charge in [-0.05, 0) is 37.8 Å². The second kappa shape index (κ2) is 7.22. The smallest absolute Gasteiger partial charge is 0.316 e. The molecular weight excluding hydrogens is 268 g/mol. The van der Waals surface area contributed by atoms with Crippen LogP contribution in [-0.2, 0) is 9.59 Å². The van der Waals surface area contributed by atoms with E-state index in [1.165, 1.54) is 4.90 Å². The number of likely N-dealkylation sites (N-methyl/N-ethyl adjacent to an activating group) is 1. The standard InChI is InChI=1S/C16H22N2O3/c1-17(13-7-3-2-4-8-13)15(20)16(21)18-11-6-5-9-14(18)10-12-19/h2-4,7-8,14,19H,5-6,9-12H2,1H3. The Hall–Kier alpha value is -1.88. The first-order chi connectivity index (χ1) is 10.1. The van der Waals surface area contributed by atoms with Crippen molar-refractivity contribution in [3.63, 3.8) is 0 Å². The normalized spacial score (nSPS) is 18.4. The van der Waals surface area contributed by atoms with E-state index in [1.54, 1.807) is 24.1 Å². The highest BCUT2D eigenvalue weighted by Crippen LogP contribution is 2.21. The highest BCUT2D eigenvalue weighted by molar-refractivity contribution is 6.40. The number of hydrogen-bond acceptors (Lipinski definition) is 3. The van der Waals surface area contributed by atoms with Crippen LogP contribution >= 0.6 is 0 Å². The predicted molar refractivity (Wildman–Crippen MR) is 80.9 cm³/mol.